The van der Waals surface area contributed by atoms with E-state index in [4.69, 9.17) is 0 Å². The van der Waals surface area contributed by atoms with Crippen LogP contribution in [0.1, 0.15) is 11.7 Å². The Balaban J connectivity index is 3.19. The zero-order valence-electron chi connectivity index (χ0n) is 8.08. The number of thiol groups is 1. The Morgan fingerprint density at radius 2 is 2.12 bits per heavy atom. The fourth-order valence-electron chi connectivity index (χ4n) is 1.24. The van der Waals surface area contributed by atoms with Gasteiger partial charge in [-0.05, 0) is 12.1 Å². The second-order valence-electron chi connectivity index (χ2n) is 3.16. The number of nitro benzene ring substituents is 1. The van der Waals surface area contributed by atoms with Crippen molar-refractivity contribution in [1.82, 2.24) is 0 Å². The third-order valence-electron chi connectivity index (χ3n) is 2.06. The van der Waals surface area contributed by atoms with Crippen molar-refractivity contribution < 1.29 is 19.5 Å². The summed E-state index contributed by atoms with van der Waals surface area (Å²) in [6, 6.07) is 2.69. The molecule has 0 fully saturated rings. The van der Waals surface area contributed by atoms with Crippen LogP contribution in [0.2, 0.25) is 0 Å². The number of hydrogen-bond donors (Lipinski definition) is 3. The van der Waals surface area contributed by atoms with Gasteiger partial charge < -0.3 is 10.2 Å². The van der Waals surface area contributed by atoms with Crippen LogP contribution in [0.3, 0.4) is 0 Å². The van der Waals surface area contributed by atoms with Gasteiger partial charge in [0, 0.05) is 11.8 Å². The maximum Gasteiger partial charge on any atom is 0.275 e. The average molecular weight is 247 g/mol. The monoisotopic (exact) mass is 247 g/mol. The number of hydrogen-bond acceptors (Lipinski definition) is 5. The van der Waals surface area contributed by atoms with Gasteiger partial charge in [0.05, 0.1) is 16.6 Å². The highest BCUT2D eigenvalue weighted by molar-refractivity contribution is 7.80. The first-order valence-corrected chi connectivity index (χ1v) is 5.01. The van der Waals surface area contributed by atoms with Crippen LogP contribution in [0.15, 0.2) is 18.2 Å². The first-order chi connectivity index (χ1) is 7.47. The van der Waals surface area contributed by atoms with E-state index >= 15 is 0 Å². The first kappa shape index (κ1) is 12.9. The topological polar surface area (TPSA) is 83.6 Å². The number of aliphatic hydroxyl groups is 2. The van der Waals surface area contributed by atoms with Gasteiger partial charge in [-0.3, -0.25) is 10.1 Å². The molecule has 0 amide bonds. The SMILES string of the molecule is O=[N+]([O-])c1ccc(F)cc1C(O)C(O)CS. The van der Waals surface area contributed by atoms with Crippen molar-refractivity contribution in [1.29, 1.82) is 0 Å². The molecule has 88 valence electrons. The molecular weight excluding hydrogens is 237 g/mol. The van der Waals surface area contributed by atoms with E-state index in [1.54, 1.807) is 0 Å². The van der Waals surface area contributed by atoms with Crippen molar-refractivity contribution in [3.63, 3.8) is 0 Å². The Kier molecular flexibility index (Phi) is 4.22. The minimum atomic E-state index is -1.53. The van der Waals surface area contributed by atoms with Crippen molar-refractivity contribution in [3.05, 3.63) is 39.7 Å². The van der Waals surface area contributed by atoms with Gasteiger partial charge in [-0.1, -0.05) is 0 Å². The molecule has 2 N–H and O–H groups in total. The molecule has 0 aliphatic heterocycles. The van der Waals surface area contributed by atoms with Crippen molar-refractivity contribution in [2.45, 2.75) is 12.2 Å². The van der Waals surface area contributed by atoms with Crippen LogP contribution in [0.4, 0.5) is 10.1 Å². The highest BCUT2D eigenvalue weighted by Gasteiger charge is 2.25. The van der Waals surface area contributed by atoms with Crippen molar-refractivity contribution in [2.75, 3.05) is 5.75 Å². The highest BCUT2D eigenvalue weighted by Crippen LogP contribution is 2.28. The molecule has 0 radical (unpaired) electrons. The zero-order valence-corrected chi connectivity index (χ0v) is 8.97. The molecule has 0 aromatic heterocycles. The van der Waals surface area contributed by atoms with Crippen molar-refractivity contribution >= 4 is 18.3 Å². The summed E-state index contributed by atoms with van der Waals surface area (Å²) < 4.78 is 12.9. The normalized spacial score (nSPS) is 14.5. The van der Waals surface area contributed by atoms with Crippen LogP contribution in [0.5, 0.6) is 0 Å². The molecule has 2 atom stereocenters. The van der Waals surface area contributed by atoms with Crippen LogP contribution in [-0.4, -0.2) is 27.0 Å². The maximum atomic E-state index is 12.9. The van der Waals surface area contributed by atoms with Gasteiger partial charge in [0.1, 0.15) is 11.9 Å². The third-order valence-corrected chi connectivity index (χ3v) is 2.43. The van der Waals surface area contributed by atoms with Gasteiger partial charge in [0.2, 0.25) is 0 Å². The second kappa shape index (κ2) is 5.24. The number of aliphatic hydroxyl groups excluding tert-OH is 2. The van der Waals surface area contributed by atoms with E-state index in [0.717, 1.165) is 18.2 Å². The molecule has 0 aliphatic rings. The largest absolute Gasteiger partial charge is 0.389 e. The minimum absolute atomic E-state index is 0.0885. The van der Waals surface area contributed by atoms with Crippen LogP contribution < -0.4 is 0 Å². The van der Waals surface area contributed by atoms with Crippen LogP contribution in [0, 0.1) is 15.9 Å². The predicted octanol–water partition coefficient (Wildman–Crippen LogP) is 1.06. The summed E-state index contributed by atoms with van der Waals surface area (Å²) in [7, 11) is 0. The molecule has 0 heterocycles. The maximum absolute atomic E-state index is 12.9. The van der Waals surface area contributed by atoms with Gasteiger partial charge in [-0.2, -0.15) is 12.6 Å². The van der Waals surface area contributed by atoms with Gasteiger partial charge in [0.15, 0.2) is 0 Å². The van der Waals surface area contributed by atoms with Gasteiger partial charge in [0.25, 0.3) is 5.69 Å². The van der Waals surface area contributed by atoms with Gasteiger partial charge >= 0.3 is 0 Å². The molecule has 7 heteroatoms. The Hall–Kier alpha value is -1.18. The molecule has 0 bridgehead atoms. The van der Waals surface area contributed by atoms with E-state index in [0.29, 0.717) is 0 Å². The lowest BCUT2D eigenvalue weighted by molar-refractivity contribution is -0.386. The van der Waals surface area contributed by atoms with E-state index in [1.807, 2.05) is 0 Å². The Morgan fingerprint density at radius 1 is 1.50 bits per heavy atom. The van der Waals surface area contributed by atoms with Gasteiger partial charge in [-0.15, -0.1) is 0 Å². The molecule has 0 spiro atoms. The molecule has 0 saturated carbocycles. The number of rotatable bonds is 4. The molecule has 16 heavy (non-hydrogen) atoms. The summed E-state index contributed by atoms with van der Waals surface area (Å²) in [6.45, 7) is 0. The number of nitrogens with zero attached hydrogens (tertiary/aromatic N) is 1. The molecule has 1 rings (SSSR count). The van der Waals surface area contributed by atoms with Crippen LogP contribution >= 0.6 is 12.6 Å². The number of halogens is 1. The second-order valence-corrected chi connectivity index (χ2v) is 3.52. The smallest absolute Gasteiger partial charge is 0.275 e. The quantitative estimate of drug-likeness (QED) is 0.422. The number of benzene rings is 1. The van der Waals surface area contributed by atoms with Crippen molar-refractivity contribution in [3.8, 4) is 0 Å². The summed E-state index contributed by atoms with van der Waals surface area (Å²) in [5, 5.41) is 29.5. The molecule has 1 aromatic carbocycles. The minimum Gasteiger partial charge on any atom is -0.389 e. The lowest BCUT2D eigenvalue weighted by Crippen LogP contribution is -2.20. The third kappa shape index (κ3) is 2.69. The molecule has 1 aromatic rings. The molecule has 0 aliphatic carbocycles. The molecular formula is C9H10FNO4S. The van der Waals surface area contributed by atoms with E-state index in [1.165, 1.54) is 0 Å². The summed E-state index contributed by atoms with van der Waals surface area (Å²) in [5.41, 5.74) is -0.693. The van der Waals surface area contributed by atoms with Crippen LogP contribution in [0.25, 0.3) is 0 Å². The van der Waals surface area contributed by atoms with E-state index < -0.39 is 28.6 Å². The summed E-state index contributed by atoms with van der Waals surface area (Å²) in [4.78, 5) is 9.87. The molecule has 0 saturated heterocycles. The highest BCUT2D eigenvalue weighted by atomic mass is 32.1. The zero-order chi connectivity index (χ0) is 12.3. The predicted molar refractivity (Wildman–Crippen MR) is 57.9 cm³/mol. The first-order valence-electron chi connectivity index (χ1n) is 4.38. The van der Waals surface area contributed by atoms with E-state index in [2.05, 4.69) is 12.6 Å². The van der Waals surface area contributed by atoms with E-state index in [9.17, 15) is 24.7 Å². The Bertz CT molecular complexity index is 401. The van der Waals surface area contributed by atoms with Crippen LogP contribution in [-0.2, 0) is 0 Å². The standard InChI is InChI=1S/C9H10FNO4S/c10-5-1-2-7(11(14)15)6(3-5)9(13)8(12)4-16/h1-3,8-9,12-13,16H,4H2. The lowest BCUT2D eigenvalue weighted by atomic mass is 10.0. The average Bonchev–Trinajstić information content (AvgIpc) is 2.26. The summed E-state index contributed by atoms with van der Waals surface area (Å²) in [6.07, 6.45) is -2.82. The molecule has 5 nitrogen and oxygen atoms in total. The Morgan fingerprint density at radius 3 is 2.62 bits per heavy atom. The van der Waals surface area contributed by atoms with Gasteiger partial charge in [-0.25, -0.2) is 4.39 Å². The fourth-order valence-corrected chi connectivity index (χ4v) is 1.44. The lowest BCUT2D eigenvalue weighted by Gasteiger charge is -2.15. The van der Waals surface area contributed by atoms with E-state index in [-0.39, 0.29) is 11.3 Å². The van der Waals surface area contributed by atoms with Crippen molar-refractivity contribution in [2.24, 2.45) is 0 Å². The number of nitro groups is 1. The summed E-state index contributed by atoms with van der Waals surface area (Å²) >= 11 is 3.74. The Labute approximate surface area is 96.1 Å². The fraction of sp³-hybridized carbons (Fsp3) is 0.333. The molecule has 2 unspecified atom stereocenters. The summed E-state index contributed by atoms with van der Waals surface area (Å²) in [5.74, 6) is -0.805.